The number of alkyl halides is 1. The molecule has 0 nitrogen and oxygen atoms in total. The second-order valence-electron chi connectivity index (χ2n) is 4.30. The quantitative estimate of drug-likeness (QED) is 0.618. The number of hydrogen-bond acceptors (Lipinski definition) is 0. The number of aryl methyl sites for hydroxylation is 1. The molecule has 0 bridgehead atoms. The SMILES string of the molecule is Cc1cc(F)ccc1C(Br)Cc1ccc(Br)cc1. The van der Waals surface area contributed by atoms with Crippen LogP contribution in [0.25, 0.3) is 0 Å². The average Bonchev–Trinajstić information content (AvgIpc) is 2.32. The van der Waals surface area contributed by atoms with E-state index in [4.69, 9.17) is 0 Å². The zero-order valence-electron chi connectivity index (χ0n) is 9.96. The Morgan fingerprint density at radius 2 is 1.78 bits per heavy atom. The first-order valence-electron chi connectivity index (χ1n) is 5.71. The van der Waals surface area contributed by atoms with Crippen molar-refractivity contribution in [2.75, 3.05) is 0 Å². The first-order valence-corrected chi connectivity index (χ1v) is 7.41. The van der Waals surface area contributed by atoms with E-state index < -0.39 is 0 Å². The van der Waals surface area contributed by atoms with Gasteiger partial charge in [0.2, 0.25) is 0 Å². The summed E-state index contributed by atoms with van der Waals surface area (Å²) in [6, 6.07) is 13.2. The summed E-state index contributed by atoms with van der Waals surface area (Å²) in [5.74, 6) is -0.181. The summed E-state index contributed by atoms with van der Waals surface area (Å²) in [7, 11) is 0. The molecule has 0 saturated carbocycles. The van der Waals surface area contributed by atoms with Crippen LogP contribution in [-0.2, 0) is 6.42 Å². The fourth-order valence-electron chi connectivity index (χ4n) is 1.93. The molecule has 0 spiro atoms. The molecule has 0 N–H and O–H groups in total. The molecule has 3 heteroatoms. The van der Waals surface area contributed by atoms with Crippen LogP contribution < -0.4 is 0 Å². The van der Waals surface area contributed by atoms with Gasteiger partial charge in [-0.25, -0.2) is 4.39 Å². The van der Waals surface area contributed by atoms with E-state index in [1.54, 1.807) is 6.07 Å². The maximum Gasteiger partial charge on any atom is 0.123 e. The third-order valence-corrected chi connectivity index (χ3v) is 4.24. The minimum atomic E-state index is -0.181. The highest BCUT2D eigenvalue weighted by molar-refractivity contribution is 9.10. The van der Waals surface area contributed by atoms with Crippen LogP contribution in [0.1, 0.15) is 21.5 Å². The molecule has 94 valence electrons. The molecular formula is C15H13Br2F. The number of benzene rings is 2. The maximum atomic E-state index is 13.1. The largest absolute Gasteiger partial charge is 0.207 e. The van der Waals surface area contributed by atoms with Crippen LogP contribution in [-0.4, -0.2) is 0 Å². The molecule has 0 heterocycles. The highest BCUT2D eigenvalue weighted by atomic mass is 79.9. The van der Waals surface area contributed by atoms with Crippen molar-refractivity contribution < 1.29 is 4.39 Å². The summed E-state index contributed by atoms with van der Waals surface area (Å²) < 4.78 is 14.1. The Kier molecular flexibility index (Phi) is 4.57. The molecule has 0 fully saturated rings. The van der Waals surface area contributed by atoms with Gasteiger partial charge in [-0.1, -0.05) is 50.1 Å². The molecule has 0 radical (unpaired) electrons. The first-order chi connectivity index (χ1) is 8.56. The van der Waals surface area contributed by atoms with Crippen LogP contribution in [0.3, 0.4) is 0 Å². The zero-order valence-corrected chi connectivity index (χ0v) is 13.1. The van der Waals surface area contributed by atoms with Crippen molar-refractivity contribution in [1.82, 2.24) is 0 Å². The van der Waals surface area contributed by atoms with Crippen LogP contribution >= 0.6 is 31.9 Å². The standard InChI is InChI=1S/C15H13Br2F/c1-10-8-13(18)6-7-14(10)15(17)9-11-2-4-12(16)5-3-11/h2-8,15H,9H2,1H3. The average molecular weight is 372 g/mol. The predicted molar refractivity (Wildman–Crippen MR) is 80.7 cm³/mol. The van der Waals surface area contributed by atoms with Crippen LogP contribution in [0.4, 0.5) is 4.39 Å². The number of halogens is 3. The maximum absolute atomic E-state index is 13.1. The summed E-state index contributed by atoms with van der Waals surface area (Å²) in [5, 5.41) is 0. The van der Waals surface area contributed by atoms with Crippen LogP contribution in [0.15, 0.2) is 46.9 Å². The van der Waals surface area contributed by atoms with Crippen molar-refractivity contribution in [3.8, 4) is 0 Å². The summed E-state index contributed by atoms with van der Waals surface area (Å²) in [5.41, 5.74) is 3.37. The summed E-state index contributed by atoms with van der Waals surface area (Å²) in [6.45, 7) is 1.94. The van der Waals surface area contributed by atoms with Crippen molar-refractivity contribution in [2.45, 2.75) is 18.2 Å². The van der Waals surface area contributed by atoms with Gasteiger partial charge in [-0.05, 0) is 54.3 Å². The lowest BCUT2D eigenvalue weighted by Crippen LogP contribution is -1.98. The molecule has 1 atom stereocenters. The van der Waals surface area contributed by atoms with Gasteiger partial charge in [0.25, 0.3) is 0 Å². The Labute approximate surface area is 123 Å². The molecule has 2 aromatic carbocycles. The third kappa shape index (κ3) is 3.42. The van der Waals surface area contributed by atoms with Crippen molar-refractivity contribution in [1.29, 1.82) is 0 Å². The van der Waals surface area contributed by atoms with Crippen LogP contribution in [0.2, 0.25) is 0 Å². The lowest BCUT2D eigenvalue weighted by molar-refractivity contribution is 0.625. The summed E-state index contributed by atoms with van der Waals surface area (Å²) in [6.07, 6.45) is 0.889. The minimum absolute atomic E-state index is 0.181. The molecule has 0 aromatic heterocycles. The third-order valence-electron chi connectivity index (χ3n) is 2.90. The van der Waals surface area contributed by atoms with E-state index in [0.29, 0.717) is 0 Å². The zero-order chi connectivity index (χ0) is 13.1. The van der Waals surface area contributed by atoms with Gasteiger partial charge in [0.05, 0.1) is 0 Å². The molecule has 1 unspecified atom stereocenters. The van der Waals surface area contributed by atoms with Gasteiger partial charge in [-0.2, -0.15) is 0 Å². The molecule has 2 rings (SSSR count). The lowest BCUT2D eigenvalue weighted by Gasteiger charge is -2.13. The smallest absolute Gasteiger partial charge is 0.123 e. The molecule has 18 heavy (non-hydrogen) atoms. The number of rotatable bonds is 3. The van der Waals surface area contributed by atoms with E-state index in [0.717, 1.165) is 22.0 Å². The van der Waals surface area contributed by atoms with Gasteiger partial charge < -0.3 is 0 Å². The Morgan fingerprint density at radius 1 is 1.11 bits per heavy atom. The first kappa shape index (κ1) is 13.8. The normalized spacial score (nSPS) is 12.4. The monoisotopic (exact) mass is 370 g/mol. The van der Waals surface area contributed by atoms with Crippen LogP contribution in [0.5, 0.6) is 0 Å². The Bertz CT molecular complexity index is 535. The molecule has 0 aliphatic carbocycles. The van der Waals surface area contributed by atoms with Gasteiger partial charge in [0.15, 0.2) is 0 Å². The lowest BCUT2D eigenvalue weighted by atomic mass is 10.0. The van der Waals surface area contributed by atoms with E-state index in [-0.39, 0.29) is 10.6 Å². The van der Waals surface area contributed by atoms with E-state index in [1.165, 1.54) is 11.6 Å². The molecular weight excluding hydrogens is 359 g/mol. The highest BCUT2D eigenvalue weighted by Crippen LogP contribution is 2.30. The number of hydrogen-bond donors (Lipinski definition) is 0. The highest BCUT2D eigenvalue weighted by Gasteiger charge is 2.11. The molecule has 0 saturated heterocycles. The Hall–Kier alpha value is -0.670. The molecule has 0 aliphatic heterocycles. The van der Waals surface area contributed by atoms with Crippen molar-refractivity contribution in [3.63, 3.8) is 0 Å². The molecule has 2 aromatic rings. The van der Waals surface area contributed by atoms with Crippen molar-refractivity contribution in [3.05, 3.63) is 69.4 Å². The summed E-state index contributed by atoms with van der Waals surface area (Å²) >= 11 is 7.11. The second kappa shape index (κ2) is 5.98. The summed E-state index contributed by atoms with van der Waals surface area (Å²) in [4.78, 5) is 0.208. The van der Waals surface area contributed by atoms with Gasteiger partial charge in [-0.15, -0.1) is 0 Å². The van der Waals surface area contributed by atoms with E-state index in [9.17, 15) is 4.39 Å². The molecule has 0 amide bonds. The fraction of sp³-hybridized carbons (Fsp3) is 0.200. The Balaban J connectivity index is 2.16. The van der Waals surface area contributed by atoms with E-state index in [2.05, 4.69) is 44.0 Å². The minimum Gasteiger partial charge on any atom is -0.207 e. The van der Waals surface area contributed by atoms with E-state index >= 15 is 0 Å². The van der Waals surface area contributed by atoms with E-state index in [1.807, 2.05) is 25.1 Å². The van der Waals surface area contributed by atoms with Crippen molar-refractivity contribution >= 4 is 31.9 Å². The van der Waals surface area contributed by atoms with Gasteiger partial charge >= 0.3 is 0 Å². The second-order valence-corrected chi connectivity index (χ2v) is 6.32. The van der Waals surface area contributed by atoms with Crippen LogP contribution in [0, 0.1) is 12.7 Å². The predicted octanol–water partition coefficient (Wildman–Crippen LogP) is 5.58. The Morgan fingerprint density at radius 3 is 2.39 bits per heavy atom. The molecule has 0 aliphatic rings. The van der Waals surface area contributed by atoms with Gasteiger partial charge in [0, 0.05) is 9.30 Å². The van der Waals surface area contributed by atoms with Gasteiger partial charge in [-0.3, -0.25) is 0 Å². The topological polar surface area (TPSA) is 0 Å². The van der Waals surface area contributed by atoms with Gasteiger partial charge in [0.1, 0.15) is 5.82 Å². The fourth-order valence-corrected chi connectivity index (χ4v) is 3.08. The van der Waals surface area contributed by atoms with Crippen molar-refractivity contribution in [2.24, 2.45) is 0 Å².